The maximum atomic E-state index is 6.02. The van der Waals surface area contributed by atoms with Crippen LogP contribution in [0.1, 0.15) is 49.6 Å². The number of nitrogens with two attached hydrogens (primary N) is 1. The van der Waals surface area contributed by atoms with Gasteiger partial charge in [0.15, 0.2) is 6.54 Å². The fourth-order valence-corrected chi connectivity index (χ4v) is 3.85. The van der Waals surface area contributed by atoms with Gasteiger partial charge in [-0.25, -0.2) is 0 Å². The van der Waals surface area contributed by atoms with Gasteiger partial charge >= 0.3 is 0 Å². The van der Waals surface area contributed by atoms with Gasteiger partial charge in [0.25, 0.3) is 11.8 Å². The molecular weight excluding hydrogens is 388 g/mol. The smallest absolute Gasteiger partial charge is 0.271 e. The molecule has 2 aromatic heterocycles. The molecule has 160 valence electrons. The van der Waals surface area contributed by atoms with Crippen LogP contribution in [0.25, 0.3) is 22.7 Å². The maximum Gasteiger partial charge on any atom is 0.271 e. The first-order valence-corrected chi connectivity index (χ1v) is 10.8. The van der Waals surface area contributed by atoms with E-state index in [4.69, 9.17) is 8.94 Å². The summed E-state index contributed by atoms with van der Waals surface area (Å²) in [5.41, 5.74) is 5.09. The first-order valence-electron chi connectivity index (χ1n) is 10.8. The largest absolute Gasteiger partial charge is 0.415 e. The van der Waals surface area contributed by atoms with Crippen molar-refractivity contribution in [2.24, 2.45) is 5.92 Å². The lowest BCUT2D eigenvalue weighted by molar-refractivity contribution is -0.719. The monoisotopic (exact) mass is 417 g/mol. The third-order valence-electron chi connectivity index (χ3n) is 5.63. The van der Waals surface area contributed by atoms with Crippen LogP contribution >= 0.6 is 0 Å². The van der Waals surface area contributed by atoms with Crippen molar-refractivity contribution in [1.82, 2.24) is 15.4 Å². The van der Waals surface area contributed by atoms with Crippen LogP contribution in [0.15, 0.2) is 63.5 Å². The van der Waals surface area contributed by atoms with E-state index in [1.54, 1.807) is 0 Å². The minimum absolute atomic E-state index is 0.318. The summed E-state index contributed by atoms with van der Waals surface area (Å²) in [6.07, 6.45) is 1.05. The van der Waals surface area contributed by atoms with E-state index in [2.05, 4.69) is 65.7 Å². The average Bonchev–Trinajstić information content (AvgIpc) is 3.41. The van der Waals surface area contributed by atoms with Gasteiger partial charge in [0, 0.05) is 17.0 Å². The molecule has 2 aromatic carbocycles. The molecule has 31 heavy (non-hydrogen) atoms. The molecule has 2 heterocycles. The SMILES string of the molecule is CCc1ccc([C@@H]([NH2+]Cc2nnc(-c3c(-c4ccccc4)noc3C)o2)C(C)C)cc1. The minimum Gasteiger partial charge on any atom is -0.415 e. The van der Waals surface area contributed by atoms with Gasteiger partial charge < -0.3 is 14.3 Å². The van der Waals surface area contributed by atoms with Gasteiger partial charge in [-0.2, -0.15) is 0 Å². The summed E-state index contributed by atoms with van der Waals surface area (Å²) in [5.74, 6) is 2.16. The summed E-state index contributed by atoms with van der Waals surface area (Å²) >= 11 is 0. The highest BCUT2D eigenvalue weighted by atomic mass is 16.5. The van der Waals surface area contributed by atoms with Crippen molar-refractivity contribution >= 4 is 0 Å². The van der Waals surface area contributed by atoms with Crippen molar-refractivity contribution in [2.75, 3.05) is 0 Å². The zero-order chi connectivity index (χ0) is 21.8. The fraction of sp³-hybridized carbons (Fsp3) is 0.320. The highest BCUT2D eigenvalue weighted by molar-refractivity contribution is 5.77. The second-order valence-corrected chi connectivity index (χ2v) is 8.13. The summed E-state index contributed by atoms with van der Waals surface area (Å²) in [6.45, 7) is 9.12. The van der Waals surface area contributed by atoms with Gasteiger partial charge in [-0.3, -0.25) is 0 Å². The van der Waals surface area contributed by atoms with Crippen molar-refractivity contribution in [3.63, 3.8) is 0 Å². The van der Waals surface area contributed by atoms with Crippen molar-refractivity contribution in [3.05, 3.63) is 77.4 Å². The third kappa shape index (κ3) is 4.59. The van der Waals surface area contributed by atoms with Gasteiger partial charge in [-0.15, -0.1) is 10.2 Å². The summed E-state index contributed by atoms with van der Waals surface area (Å²) in [5, 5.41) is 15.0. The van der Waals surface area contributed by atoms with Gasteiger partial charge in [0.05, 0.1) is 0 Å². The van der Waals surface area contributed by atoms with E-state index in [1.165, 1.54) is 11.1 Å². The lowest BCUT2D eigenvalue weighted by atomic mass is 9.95. The predicted molar refractivity (Wildman–Crippen MR) is 119 cm³/mol. The summed E-state index contributed by atoms with van der Waals surface area (Å²) < 4.78 is 11.5. The highest BCUT2D eigenvalue weighted by Gasteiger charge is 2.24. The van der Waals surface area contributed by atoms with Gasteiger partial charge in [-0.1, -0.05) is 80.5 Å². The number of rotatable bonds is 8. The van der Waals surface area contributed by atoms with E-state index in [9.17, 15) is 0 Å². The van der Waals surface area contributed by atoms with Crippen LogP contribution in [0.3, 0.4) is 0 Å². The molecule has 0 bridgehead atoms. The molecule has 0 aliphatic heterocycles. The number of nitrogens with zero attached hydrogens (tertiary/aromatic N) is 3. The molecule has 4 rings (SSSR count). The molecule has 0 saturated carbocycles. The second kappa shape index (κ2) is 9.27. The first-order chi connectivity index (χ1) is 15.1. The van der Waals surface area contributed by atoms with Crippen molar-refractivity contribution in [1.29, 1.82) is 0 Å². The molecule has 0 amide bonds. The molecule has 0 aliphatic rings. The summed E-state index contributed by atoms with van der Waals surface area (Å²) in [4.78, 5) is 0. The molecule has 6 heteroatoms. The summed E-state index contributed by atoms with van der Waals surface area (Å²) in [6, 6.07) is 19.1. The van der Waals surface area contributed by atoms with E-state index in [1.807, 2.05) is 37.3 Å². The van der Waals surface area contributed by atoms with Gasteiger partial charge in [0.2, 0.25) is 0 Å². The molecule has 0 radical (unpaired) electrons. The van der Waals surface area contributed by atoms with Crippen LogP contribution in [0.2, 0.25) is 0 Å². The van der Waals surface area contributed by atoms with Crippen LogP contribution in [-0.2, 0) is 13.0 Å². The molecule has 0 spiro atoms. The van der Waals surface area contributed by atoms with Crippen LogP contribution in [-0.4, -0.2) is 15.4 Å². The Morgan fingerprint density at radius 3 is 2.39 bits per heavy atom. The van der Waals surface area contributed by atoms with Crippen molar-refractivity contribution in [2.45, 2.75) is 46.7 Å². The Morgan fingerprint density at radius 2 is 1.71 bits per heavy atom. The van der Waals surface area contributed by atoms with E-state index < -0.39 is 0 Å². The lowest BCUT2D eigenvalue weighted by Gasteiger charge is -2.19. The van der Waals surface area contributed by atoms with E-state index in [-0.39, 0.29) is 0 Å². The van der Waals surface area contributed by atoms with Gasteiger partial charge in [0.1, 0.15) is 23.1 Å². The van der Waals surface area contributed by atoms with Crippen molar-refractivity contribution < 1.29 is 14.3 Å². The molecule has 6 nitrogen and oxygen atoms in total. The summed E-state index contributed by atoms with van der Waals surface area (Å²) in [7, 11) is 0. The molecular formula is C25H29N4O2+. The van der Waals surface area contributed by atoms with E-state index in [0.717, 1.165) is 17.5 Å². The Kier molecular flexibility index (Phi) is 6.28. The van der Waals surface area contributed by atoms with Crippen LogP contribution in [0.5, 0.6) is 0 Å². The number of hydrogen-bond donors (Lipinski definition) is 1. The molecule has 0 unspecified atom stereocenters. The van der Waals surface area contributed by atoms with E-state index >= 15 is 0 Å². The standard InChI is InChI=1S/C25H28N4O2/c1-5-18-11-13-20(14-12-18)23(16(2)3)26-15-21-27-28-25(30-21)22-17(4)31-29-24(22)19-9-7-6-8-10-19/h6-14,16,23,26H,5,15H2,1-4H3/p+1/t23-/m0/s1. The number of quaternary nitrogens is 1. The highest BCUT2D eigenvalue weighted by Crippen LogP contribution is 2.33. The van der Waals surface area contributed by atoms with Crippen LogP contribution in [0, 0.1) is 12.8 Å². The molecule has 2 N–H and O–H groups in total. The van der Waals surface area contributed by atoms with E-state index in [0.29, 0.717) is 41.7 Å². The number of hydrogen-bond acceptors (Lipinski definition) is 5. The lowest BCUT2D eigenvalue weighted by Crippen LogP contribution is -2.84. The molecule has 1 atom stereocenters. The molecule has 0 saturated heterocycles. The molecule has 0 fully saturated rings. The number of aromatic nitrogens is 3. The average molecular weight is 418 g/mol. The normalized spacial score (nSPS) is 12.4. The Hall–Kier alpha value is -3.25. The Morgan fingerprint density at radius 1 is 0.968 bits per heavy atom. The zero-order valence-electron chi connectivity index (χ0n) is 18.5. The number of aryl methyl sites for hydroxylation is 2. The predicted octanol–water partition coefficient (Wildman–Crippen LogP) is 4.72. The fourth-order valence-electron chi connectivity index (χ4n) is 3.85. The van der Waals surface area contributed by atoms with Gasteiger partial charge in [-0.05, 0) is 18.9 Å². The molecule has 4 aromatic rings. The third-order valence-corrected chi connectivity index (χ3v) is 5.63. The Labute approximate surface area is 182 Å². The minimum atomic E-state index is 0.318. The molecule has 0 aliphatic carbocycles. The van der Waals surface area contributed by atoms with Crippen molar-refractivity contribution in [3.8, 4) is 22.7 Å². The Bertz CT molecular complexity index is 1110. The zero-order valence-corrected chi connectivity index (χ0v) is 18.5. The number of benzene rings is 2. The first kappa shape index (κ1) is 21.0. The maximum absolute atomic E-state index is 6.02. The Balaban J connectivity index is 1.52. The second-order valence-electron chi connectivity index (χ2n) is 8.13. The quantitative estimate of drug-likeness (QED) is 0.448. The topological polar surface area (TPSA) is 81.6 Å². The van der Waals surface area contributed by atoms with Crippen LogP contribution in [0.4, 0.5) is 0 Å². The van der Waals surface area contributed by atoms with Crippen LogP contribution < -0.4 is 5.32 Å².